The molecule has 0 aliphatic rings. The first-order valence-corrected chi connectivity index (χ1v) is 7.69. The molecule has 19 heavy (non-hydrogen) atoms. The van der Waals surface area contributed by atoms with Gasteiger partial charge in [0, 0.05) is 32.8 Å². The van der Waals surface area contributed by atoms with E-state index in [-0.39, 0.29) is 11.6 Å². The summed E-state index contributed by atoms with van der Waals surface area (Å²) in [5, 5.41) is 5.12. The van der Waals surface area contributed by atoms with Gasteiger partial charge in [-0.25, -0.2) is 8.78 Å². The van der Waals surface area contributed by atoms with Crippen molar-refractivity contribution in [1.82, 2.24) is 5.32 Å². The molecule has 5 heteroatoms. The summed E-state index contributed by atoms with van der Waals surface area (Å²) in [4.78, 5) is 1.08. The van der Waals surface area contributed by atoms with Gasteiger partial charge < -0.3 is 5.32 Å². The maximum atomic E-state index is 13.8. The Hall–Kier alpha value is -0.780. The zero-order valence-electron chi connectivity index (χ0n) is 10.4. The Kier molecular flexibility index (Phi) is 5.07. The molecule has 2 aromatic rings. The van der Waals surface area contributed by atoms with Crippen molar-refractivity contribution in [3.05, 3.63) is 56.2 Å². The molecule has 1 atom stereocenters. The van der Waals surface area contributed by atoms with Crippen LogP contribution in [0, 0.1) is 11.6 Å². The summed E-state index contributed by atoms with van der Waals surface area (Å²) in [6.45, 7) is 2.58. The van der Waals surface area contributed by atoms with Crippen LogP contribution in [0.1, 0.15) is 23.4 Å². The van der Waals surface area contributed by atoms with E-state index >= 15 is 0 Å². The van der Waals surface area contributed by atoms with E-state index in [1.807, 2.05) is 18.4 Å². The third-order valence-electron chi connectivity index (χ3n) is 2.83. The fraction of sp³-hybridized carbons (Fsp3) is 0.286. The molecule has 0 radical (unpaired) electrons. The second-order valence-electron chi connectivity index (χ2n) is 4.18. The third kappa shape index (κ3) is 3.61. The van der Waals surface area contributed by atoms with E-state index in [4.69, 9.17) is 0 Å². The van der Waals surface area contributed by atoms with Crippen LogP contribution in [0.3, 0.4) is 0 Å². The summed E-state index contributed by atoms with van der Waals surface area (Å²) in [6.07, 6.45) is 0.571. The number of hydrogen-bond donors (Lipinski definition) is 1. The fourth-order valence-electron chi connectivity index (χ4n) is 2.03. The molecule has 1 unspecified atom stereocenters. The Labute approximate surface area is 123 Å². The molecule has 0 bridgehead atoms. The molecule has 0 saturated heterocycles. The molecule has 0 saturated carbocycles. The molecule has 0 aliphatic heterocycles. The first-order chi connectivity index (χ1) is 9.11. The van der Waals surface area contributed by atoms with Gasteiger partial charge in [0.2, 0.25) is 0 Å². The standard InChI is InChI=1S/C14H14BrF2NS/c1-2-18-13(7-10-6-9(15)8-19-10)14-11(16)4-3-5-12(14)17/h3-6,8,13,18H,2,7H2,1H3. The van der Waals surface area contributed by atoms with Crippen LogP contribution in [-0.4, -0.2) is 6.54 Å². The van der Waals surface area contributed by atoms with Gasteiger partial charge in [-0.1, -0.05) is 13.0 Å². The third-order valence-corrected chi connectivity index (χ3v) is 4.55. The lowest BCUT2D eigenvalue weighted by Gasteiger charge is -2.19. The van der Waals surface area contributed by atoms with Crippen molar-refractivity contribution in [2.24, 2.45) is 0 Å². The number of likely N-dealkylation sites (N-methyl/N-ethyl adjacent to an activating group) is 1. The SMILES string of the molecule is CCNC(Cc1cc(Br)cs1)c1c(F)cccc1F. The normalized spacial score (nSPS) is 12.6. The number of hydrogen-bond acceptors (Lipinski definition) is 2. The maximum absolute atomic E-state index is 13.8. The summed E-state index contributed by atoms with van der Waals surface area (Å²) >= 11 is 4.97. The topological polar surface area (TPSA) is 12.0 Å². The smallest absolute Gasteiger partial charge is 0.130 e. The first-order valence-electron chi connectivity index (χ1n) is 6.02. The van der Waals surface area contributed by atoms with Gasteiger partial charge >= 0.3 is 0 Å². The minimum absolute atomic E-state index is 0.119. The molecule has 1 N–H and O–H groups in total. The van der Waals surface area contributed by atoms with Gasteiger partial charge in [-0.3, -0.25) is 0 Å². The second kappa shape index (κ2) is 6.59. The van der Waals surface area contributed by atoms with Crippen LogP contribution >= 0.6 is 27.3 Å². The second-order valence-corrected chi connectivity index (χ2v) is 6.09. The summed E-state index contributed by atoms with van der Waals surface area (Å²) in [6, 6.07) is 5.61. The number of rotatable bonds is 5. The van der Waals surface area contributed by atoms with Gasteiger partial charge in [0.1, 0.15) is 11.6 Å². The fourth-order valence-corrected chi connectivity index (χ4v) is 3.53. The molecule has 1 nitrogen and oxygen atoms in total. The molecule has 0 aliphatic carbocycles. The van der Waals surface area contributed by atoms with Gasteiger partial charge in [-0.15, -0.1) is 11.3 Å². The molecule has 2 rings (SSSR count). The summed E-state index contributed by atoms with van der Waals surface area (Å²) in [5.74, 6) is -0.997. The van der Waals surface area contributed by atoms with Crippen LogP contribution in [0.5, 0.6) is 0 Å². The summed E-state index contributed by atoms with van der Waals surface area (Å²) < 4.78 is 28.7. The van der Waals surface area contributed by atoms with Crippen molar-refractivity contribution in [2.75, 3.05) is 6.54 Å². The van der Waals surface area contributed by atoms with Gasteiger partial charge in [0.25, 0.3) is 0 Å². The first kappa shape index (κ1) is 14.6. The molecule has 0 fully saturated rings. The van der Waals surface area contributed by atoms with Crippen LogP contribution < -0.4 is 5.32 Å². The lowest BCUT2D eigenvalue weighted by atomic mass is 10.0. The van der Waals surface area contributed by atoms with Crippen LogP contribution in [0.25, 0.3) is 0 Å². The molecule has 1 heterocycles. The van der Waals surface area contributed by atoms with E-state index in [1.165, 1.54) is 18.2 Å². The summed E-state index contributed by atoms with van der Waals surface area (Å²) in [5.41, 5.74) is 0.119. The average Bonchev–Trinajstić information content (AvgIpc) is 2.75. The van der Waals surface area contributed by atoms with Crippen molar-refractivity contribution >= 4 is 27.3 Å². The van der Waals surface area contributed by atoms with E-state index < -0.39 is 11.6 Å². The zero-order valence-corrected chi connectivity index (χ0v) is 12.8. The molecular formula is C14H14BrF2NS. The highest BCUT2D eigenvalue weighted by molar-refractivity contribution is 9.10. The van der Waals surface area contributed by atoms with E-state index in [9.17, 15) is 8.78 Å². The molecule has 0 amide bonds. The number of nitrogens with one attached hydrogen (secondary N) is 1. The van der Waals surface area contributed by atoms with Crippen molar-refractivity contribution < 1.29 is 8.78 Å². The van der Waals surface area contributed by atoms with E-state index in [0.29, 0.717) is 13.0 Å². The Balaban J connectivity index is 2.29. The van der Waals surface area contributed by atoms with Crippen molar-refractivity contribution in [3.63, 3.8) is 0 Å². The van der Waals surface area contributed by atoms with Crippen LogP contribution in [0.4, 0.5) is 8.78 Å². The van der Waals surface area contributed by atoms with Crippen LogP contribution in [0.15, 0.2) is 34.1 Å². The van der Waals surface area contributed by atoms with E-state index in [0.717, 1.165) is 9.35 Å². The predicted molar refractivity (Wildman–Crippen MR) is 78.5 cm³/mol. The van der Waals surface area contributed by atoms with Crippen molar-refractivity contribution in [2.45, 2.75) is 19.4 Å². The predicted octanol–water partition coefficient (Wildman–Crippen LogP) is 4.68. The Morgan fingerprint density at radius 1 is 1.32 bits per heavy atom. The Morgan fingerprint density at radius 2 is 2.00 bits per heavy atom. The largest absolute Gasteiger partial charge is 0.310 e. The lowest BCUT2D eigenvalue weighted by molar-refractivity contribution is 0.474. The van der Waals surface area contributed by atoms with Crippen molar-refractivity contribution in [3.8, 4) is 0 Å². The minimum Gasteiger partial charge on any atom is -0.310 e. The Bertz CT molecular complexity index is 536. The molecule has 0 spiro atoms. The van der Waals surface area contributed by atoms with Crippen LogP contribution in [-0.2, 0) is 6.42 Å². The number of thiophene rings is 1. The van der Waals surface area contributed by atoms with E-state index in [2.05, 4.69) is 21.2 Å². The minimum atomic E-state index is -0.499. The highest BCUT2D eigenvalue weighted by Gasteiger charge is 2.20. The lowest BCUT2D eigenvalue weighted by Crippen LogP contribution is -2.24. The molecule has 102 valence electrons. The Morgan fingerprint density at radius 3 is 2.53 bits per heavy atom. The van der Waals surface area contributed by atoms with Crippen LogP contribution in [0.2, 0.25) is 0 Å². The molecule has 1 aromatic heterocycles. The maximum Gasteiger partial charge on any atom is 0.130 e. The number of benzene rings is 1. The molecule has 1 aromatic carbocycles. The van der Waals surface area contributed by atoms with Gasteiger partial charge in [-0.05, 0) is 40.7 Å². The average molecular weight is 346 g/mol. The monoisotopic (exact) mass is 345 g/mol. The number of halogens is 3. The van der Waals surface area contributed by atoms with E-state index in [1.54, 1.807) is 11.3 Å². The van der Waals surface area contributed by atoms with Crippen molar-refractivity contribution in [1.29, 1.82) is 0 Å². The van der Waals surface area contributed by atoms with Gasteiger partial charge in [0.05, 0.1) is 0 Å². The molecular weight excluding hydrogens is 332 g/mol. The highest BCUT2D eigenvalue weighted by atomic mass is 79.9. The van der Waals surface area contributed by atoms with Gasteiger partial charge in [0.15, 0.2) is 0 Å². The summed E-state index contributed by atoms with van der Waals surface area (Å²) in [7, 11) is 0. The quantitative estimate of drug-likeness (QED) is 0.829. The zero-order chi connectivity index (χ0) is 13.8. The highest BCUT2D eigenvalue weighted by Crippen LogP contribution is 2.28. The van der Waals surface area contributed by atoms with Gasteiger partial charge in [-0.2, -0.15) is 0 Å².